The molecule has 1 saturated carbocycles. The van der Waals surface area contributed by atoms with Gasteiger partial charge in [0, 0.05) is 22.2 Å². The molecule has 1 aliphatic carbocycles. The summed E-state index contributed by atoms with van der Waals surface area (Å²) >= 11 is 3.15. The Morgan fingerprint density at radius 3 is 2.76 bits per heavy atom. The topological polar surface area (TPSA) is 66.4 Å². The first-order valence-corrected chi connectivity index (χ1v) is 8.85. The fourth-order valence-electron chi connectivity index (χ4n) is 2.27. The average Bonchev–Trinajstić information content (AvgIpc) is 2.77. The van der Waals surface area contributed by atoms with Gasteiger partial charge >= 0.3 is 5.97 Å². The van der Waals surface area contributed by atoms with Crippen molar-refractivity contribution in [2.24, 2.45) is 0 Å². The highest BCUT2D eigenvalue weighted by Crippen LogP contribution is 2.42. The third-order valence-corrected chi connectivity index (χ3v) is 6.45. The van der Waals surface area contributed by atoms with Crippen LogP contribution in [0, 0.1) is 6.92 Å². The molecule has 0 radical (unpaired) electrons. The zero-order chi connectivity index (χ0) is 15.5. The lowest BCUT2D eigenvalue weighted by Crippen LogP contribution is -2.45. The second kappa shape index (κ2) is 6.66. The summed E-state index contributed by atoms with van der Waals surface area (Å²) in [6.45, 7) is 2.58. The number of carbonyl (C=O) groups excluding carboxylic acids is 1. The van der Waals surface area contributed by atoms with Crippen molar-refractivity contribution in [2.75, 3.05) is 12.8 Å². The first-order valence-electron chi connectivity index (χ1n) is 6.80. The highest BCUT2D eigenvalue weighted by atomic mass is 32.2. The highest BCUT2D eigenvalue weighted by Gasteiger charge is 2.36. The average molecular weight is 325 g/mol. The standard InChI is InChI=1S/C15H19NO3S2/c1-10-8-12(21-11(10)4-5-13(17)18)14(19)16-9-15(20-2)6-3-7-15/h4-5,8H,3,6-7,9H2,1-2H3,(H,16,19)(H,17,18)/b5-4+. The lowest BCUT2D eigenvalue weighted by atomic mass is 9.84. The van der Waals surface area contributed by atoms with Crippen molar-refractivity contribution in [2.45, 2.75) is 30.9 Å². The SMILES string of the molecule is CSC1(CNC(=O)c2cc(C)c(/C=C/C(=O)O)s2)CCC1. The van der Waals surface area contributed by atoms with Crippen LogP contribution >= 0.6 is 23.1 Å². The molecule has 0 atom stereocenters. The summed E-state index contributed by atoms with van der Waals surface area (Å²) in [7, 11) is 0. The number of aliphatic carboxylic acids is 1. The molecule has 0 unspecified atom stereocenters. The molecule has 6 heteroatoms. The summed E-state index contributed by atoms with van der Waals surface area (Å²) in [5, 5.41) is 11.7. The maximum atomic E-state index is 12.2. The molecule has 2 rings (SSSR count). The number of amides is 1. The number of rotatable bonds is 6. The van der Waals surface area contributed by atoms with Gasteiger partial charge in [0.2, 0.25) is 0 Å². The van der Waals surface area contributed by atoms with Crippen LogP contribution in [0.1, 0.15) is 39.4 Å². The predicted molar refractivity (Wildman–Crippen MR) is 88.2 cm³/mol. The summed E-state index contributed by atoms with van der Waals surface area (Å²) in [5.74, 6) is -1.06. The minimum absolute atomic E-state index is 0.0709. The smallest absolute Gasteiger partial charge is 0.328 e. The zero-order valence-corrected chi connectivity index (χ0v) is 13.8. The second-order valence-electron chi connectivity index (χ2n) is 5.25. The Bertz CT molecular complexity index is 568. The van der Waals surface area contributed by atoms with Crippen molar-refractivity contribution in [1.82, 2.24) is 5.32 Å². The summed E-state index contributed by atoms with van der Waals surface area (Å²) < 4.78 is 0.216. The monoisotopic (exact) mass is 325 g/mol. The van der Waals surface area contributed by atoms with E-state index in [0.717, 1.165) is 29.4 Å². The van der Waals surface area contributed by atoms with E-state index in [9.17, 15) is 9.59 Å². The Labute approximate surface area is 132 Å². The molecule has 0 aliphatic heterocycles. The van der Waals surface area contributed by atoms with E-state index < -0.39 is 5.97 Å². The molecule has 0 saturated heterocycles. The summed E-state index contributed by atoms with van der Waals surface area (Å²) in [6, 6.07) is 1.81. The molecule has 4 nitrogen and oxygen atoms in total. The van der Waals surface area contributed by atoms with E-state index in [1.807, 2.05) is 24.8 Å². The van der Waals surface area contributed by atoms with Gasteiger partial charge in [0.1, 0.15) is 0 Å². The van der Waals surface area contributed by atoms with Crippen molar-refractivity contribution >= 4 is 41.1 Å². The summed E-state index contributed by atoms with van der Waals surface area (Å²) in [4.78, 5) is 24.2. The Kier molecular flexibility index (Phi) is 5.11. The Morgan fingerprint density at radius 1 is 1.52 bits per heavy atom. The van der Waals surface area contributed by atoms with Crippen LogP contribution in [0.5, 0.6) is 0 Å². The molecule has 1 aromatic rings. The largest absolute Gasteiger partial charge is 0.478 e. The number of carboxylic acid groups (broad SMARTS) is 1. The molecular formula is C15H19NO3S2. The van der Waals surface area contributed by atoms with E-state index in [4.69, 9.17) is 5.11 Å². The number of nitrogens with one attached hydrogen (secondary N) is 1. The number of thiophene rings is 1. The van der Waals surface area contributed by atoms with Gasteiger partial charge in [-0.25, -0.2) is 4.79 Å². The molecule has 1 aromatic heterocycles. The van der Waals surface area contributed by atoms with E-state index in [-0.39, 0.29) is 10.7 Å². The van der Waals surface area contributed by atoms with E-state index in [1.165, 1.54) is 23.8 Å². The van der Waals surface area contributed by atoms with Crippen molar-refractivity contribution in [3.63, 3.8) is 0 Å². The number of hydrogen-bond acceptors (Lipinski definition) is 4. The minimum Gasteiger partial charge on any atom is -0.478 e. The molecule has 0 spiro atoms. The van der Waals surface area contributed by atoms with Gasteiger partial charge in [0.15, 0.2) is 0 Å². The quantitative estimate of drug-likeness (QED) is 0.789. The Morgan fingerprint density at radius 2 is 2.24 bits per heavy atom. The molecule has 1 fully saturated rings. The second-order valence-corrected chi connectivity index (χ2v) is 7.61. The molecular weight excluding hydrogens is 306 g/mol. The fourth-order valence-corrected chi connectivity index (χ4v) is 4.18. The van der Waals surface area contributed by atoms with Crippen molar-refractivity contribution in [1.29, 1.82) is 0 Å². The van der Waals surface area contributed by atoms with Crippen LogP contribution in [0.25, 0.3) is 6.08 Å². The number of aryl methyl sites for hydroxylation is 1. The van der Waals surface area contributed by atoms with Crippen LogP contribution in [0.4, 0.5) is 0 Å². The maximum absolute atomic E-state index is 12.2. The number of carbonyl (C=O) groups is 2. The summed E-state index contributed by atoms with van der Waals surface area (Å²) in [5.41, 5.74) is 0.922. The molecule has 21 heavy (non-hydrogen) atoms. The Balaban J connectivity index is 1.99. The van der Waals surface area contributed by atoms with E-state index in [0.29, 0.717) is 11.4 Å². The molecule has 1 amide bonds. The lowest BCUT2D eigenvalue weighted by molar-refractivity contribution is -0.131. The van der Waals surface area contributed by atoms with Crippen LogP contribution in [-0.4, -0.2) is 34.5 Å². The van der Waals surface area contributed by atoms with Crippen molar-refractivity contribution < 1.29 is 14.7 Å². The van der Waals surface area contributed by atoms with Gasteiger partial charge < -0.3 is 10.4 Å². The van der Waals surface area contributed by atoms with E-state index in [2.05, 4.69) is 11.6 Å². The van der Waals surface area contributed by atoms with Gasteiger partial charge in [0.25, 0.3) is 5.91 Å². The number of thioether (sulfide) groups is 1. The van der Waals surface area contributed by atoms with E-state index >= 15 is 0 Å². The minimum atomic E-state index is -0.985. The van der Waals surface area contributed by atoms with Crippen molar-refractivity contribution in [3.8, 4) is 0 Å². The van der Waals surface area contributed by atoms with Gasteiger partial charge in [-0.2, -0.15) is 11.8 Å². The fraction of sp³-hybridized carbons (Fsp3) is 0.467. The zero-order valence-electron chi connectivity index (χ0n) is 12.1. The molecule has 0 bridgehead atoms. The third kappa shape index (κ3) is 3.89. The van der Waals surface area contributed by atoms with Gasteiger partial charge in [-0.1, -0.05) is 6.42 Å². The first-order chi connectivity index (χ1) is 9.96. The van der Waals surface area contributed by atoms with Gasteiger partial charge in [0.05, 0.1) is 4.88 Å². The molecule has 1 heterocycles. The Hall–Kier alpha value is -1.27. The van der Waals surface area contributed by atoms with Crippen LogP contribution in [0.2, 0.25) is 0 Å². The van der Waals surface area contributed by atoms with Gasteiger partial charge in [-0.05, 0) is 43.7 Å². The normalized spacial score (nSPS) is 16.7. The third-order valence-electron chi connectivity index (χ3n) is 3.83. The van der Waals surface area contributed by atoms with Gasteiger partial charge in [-0.15, -0.1) is 11.3 Å². The van der Waals surface area contributed by atoms with Crippen LogP contribution in [0.3, 0.4) is 0 Å². The van der Waals surface area contributed by atoms with Crippen LogP contribution in [-0.2, 0) is 4.79 Å². The lowest BCUT2D eigenvalue weighted by Gasteiger charge is -2.40. The van der Waals surface area contributed by atoms with Crippen molar-refractivity contribution in [3.05, 3.63) is 27.5 Å². The van der Waals surface area contributed by atoms with E-state index in [1.54, 1.807) is 0 Å². The predicted octanol–water partition coefficient (Wildman–Crippen LogP) is 3.17. The summed E-state index contributed by atoms with van der Waals surface area (Å²) in [6.07, 6.45) is 8.27. The van der Waals surface area contributed by atoms with Crippen LogP contribution in [0.15, 0.2) is 12.1 Å². The number of carboxylic acids is 1. The molecule has 1 aliphatic rings. The molecule has 0 aromatic carbocycles. The molecule has 114 valence electrons. The van der Waals surface area contributed by atoms with Gasteiger partial charge in [-0.3, -0.25) is 4.79 Å². The number of hydrogen-bond donors (Lipinski definition) is 2. The maximum Gasteiger partial charge on any atom is 0.328 e. The highest BCUT2D eigenvalue weighted by molar-refractivity contribution is 8.00. The van der Waals surface area contributed by atoms with Crippen LogP contribution < -0.4 is 5.32 Å². The molecule has 2 N–H and O–H groups in total. The first kappa shape index (κ1) is 16.1.